The van der Waals surface area contributed by atoms with Gasteiger partial charge in [-0.05, 0) is 48.2 Å². The van der Waals surface area contributed by atoms with Gasteiger partial charge in [0.1, 0.15) is 5.75 Å². The molecule has 4 heteroatoms. The van der Waals surface area contributed by atoms with Crippen LogP contribution in [-0.4, -0.2) is 19.1 Å². The Morgan fingerprint density at radius 2 is 1.68 bits per heavy atom. The molecule has 0 radical (unpaired) electrons. The van der Waals surface area contributed by atoms with Crippen molar-refractivity contribution in [3.63, 3.8) is 0 Å². The van der Waals surface area contributed by atoms with Crippen molar-refractivity contribution in [2.45, 2.75) is 19.8 Å². The summed E-state index contributed by atoms with van der Waals surface area (Å²) in [6, 6.07) is 15.4. The maximum absolute atomic E-state index is 11.7. The van der Waals surface area contributed by atoms with Gasteiger partial charge < -0.3 is 10.1 Å². The third-order valence-corrected chi connectivity index (χ3v) is 3.60. The van der Waals surface area contributed by atoms with Crippen LogP contribution in [-0.2, 0) is 17.6 Å². The predicted octanol–water partition coefficient (Wildman–Crippen LogP) is 3.64. The van der Waals surface area contributed by atoms with E-state index in [2.05, 4.69) is 12.2 Å². The Morgan fingerprint density at radius 3 is 2.32 bits per heavy atom. The van der Waals surface area contributed by atoms with Gasteiger partial charge in [0.05, 0.1) is 0 Å². The van der Waals surface area contributed by atoms with E-state index in [1.807, 2.05) is 48.5 Å². The lowest BCUT2D eigenvalue weighted by molar-refractivity contribution is -0.123. The third kappa shape index (κ3) is 5.41. The molecule has 1 N–H and O–H groups in total. The second-order valence-corrected chi connectivity index (χ2v) is 5.45. The third-order valence-electron chi connectivity index (χ3n) is 3.35. The van der Waals surface area contributed by atoms with Crippen LogP contribution in [0.4, 0.5) is 0 Å². The molecule has 0 fully saturated rings. The van der Waals surface area contributed by atoms with Gasteiger partial charge >= 0.3 is 0 Å². The molecule has 0 aliphatic carbocycles. The van der Waals surface area contributed by atoms with Crippen molar-refractivity contribution < 1.29 is 9.53 Å². The van der Waals surface area contributed by atoms with Crippen LogP contribution in [0.25, 0.3) is 0 Å². The monoisotopic (exact) mass is 317 g/mol. The summed E-state index contributed by atoms with van der Waals surface area (Å²) in [5, 5.41) is 3.56. The Bertz CT molecular complexity index is 593. The number of carbonyl (C=O) groups excluding carboxylic acids is 1. The van der Waals surface area contributed by atoms with E-state index >= 15 is 0 Å². The fourth-order valence-corrected chi connectivity index (χ4v) is 2.14. The number of ether oxygens (including phenoxy) is 1. The Labute approximate surface area is 136 Å². The van der Waals surface area contributed by atoms with Crippen molar-refractivity contribution in [3.8, 4) is 5.75 Å². The number of hydrogen-bond donors (Lipinski definition) is 1. The molecule has 0 aliphatic rings. The highest BCUT2D eigenvalue weighted by atomic mass is 35.5. The van der Waals surface area contributed by atoms with E-state index in [4.69, 9.17) is 16.3 Å². The van der Waals surface area contributed by atoms with E-state index in [1.165, 1.54) is 5.56 Å². The van der Waals surface area contributed by atoms with Gasteiger partial charge in [0.15, 0.2) is 6.61 Å². The van der Waals surface area contributed by atoms with Gasteiger partial charge in [0, 0.05) is 11.6 Å². The quantitative estimate of drug-likeness (QED) is 0.846. The predicted molar refractivity (Wildman–Crippen MR) is 89.5 cm³/mol. The first-order valence-electron chi connectivity index (χ1n) is 7.40. The Kier molecular flexibility index (Phi) is 6.28. The van der Waals surface area contributed by atoms with Crippen LogP contribution in [0.5, 0.6) is 5.75 Å². The van der Waals surface area contributed by atoms with Crippen molar-refractivity contribution in [2.75, 3.05) is 13.2 Å². The summed E-state index contributed by atoms with van der Waals surface area (Å²) in [6.45, 7) is 2.72. The molecule has 0 unspecified atom stereocenters. The lowest BCUT2D eigenvalue weighted by Gasteiger charge is -2.08. The van der Waals surface area contributed by atoms with Crippen molar-refractivity contribution in [1.29, 1.82) is 0 Å². The number of carbonyl (C=O) groups is 1. The van der Waals surface area contributed by atoms with Gasteiger partial charge in [-0.2, -0.15) is 0 Å². The molecule has 0 atom stereocenters. The smallest absolute Gasteiger partial charge is 0.257 e. The number of benzene rings is 2. The Hall–Kier alpha value is -2.00. The molecule has 2 rings (SSSR count). The van der Waals surface area contributed by atoms with E-state index in [1.54, 1.807) is 0 Å². The minimum Gasteiger partial charge on any atom is -0.484 e. The van der Waals surface area contributed by atoms with Gasteiger partial charge in [-0.3, -0.25) is 4.79 Å². The highest BCUT2D eigenvalue weighted by Gasteiger charge is 2.02. The fraction of sp³-hybridized carbons (Fsp3) is 0.278. The van der Waals surface area contributed by atoms with E-state index in [-0.39, 0.29) is 12.5 Å². The molecule has 2 aromatic carbocycles. The van der Waals surface area contributed by atoms with Crippen LogP contribution in [0.15, 0.2) is 48.5 Å². The first-order valence-corrected chi connectivity index (χ1v) is 7.78. The molecule has 1 amide bonds. The number of nitrogens with one attached hydrogen (secondary N) is 1. The summed E-state index contributed by atoms with van der Waals surface area (Å²) in [5.74, 6) is 0.596. The first kappa shape index (κ1) is 16.4. The van der Waals surface area contributed by atoms with Gasteiger partial charge in [-0.15, -0.1) is 0 Å². The molecule has 0 aromatic heterocycles. The van der Waals surface area contributed by atoms with Crippen LogP contribution in [0.2, 0.25) is 5.02 Å². The molecular weight excluding hydrogens is 298 g/mol. The molecule has 0 heterocycles. The largest absolute Gasteiger partial charge is 0.484 e. The summed E-state index contributed by atoms with van der Waals surface area (Å²) in [4.78, 5) is 11.7. The summed E-state index contributed by atoms with van der Waals surface area (Å²) in [5.41, 5.74) is 2.39. The molecule has 116 valence electrons. The molecule has 0 saturated heterocycles. The molecule has 3 nitrogen and oxygen atoms in total. The minimum absolute atomic E-state index is 0.0338. The van der Waals surface area contributed by atoms with Gasteiger partial charge in [-0.1, -0.05) is 42.8 Å². The van der Waals surface area contributed by atoms with Crippen LogP contribution in [0.3, 0.4) is 0 Å². The number of halogens is 1. The molecule has 0 aliphatic heterocycles. The van der Waals surface area contributed by atoms with E-state index in [0.717, 1.165) is 23.4 Å². The molecular formula is C18H20ClNO2. The maximum Gasteiger partial charge on any atom is 0.257 e. The average Bonchev–Trinajstić information content (AvgIpc) is 2.55. The topological polar surface area (TPSA) is 38.3 Å². The summed E-state index contributed by atoms with van der Waals surface area (Å²) in [7, 11) is 0. The summed E-state index contributed by atoms with van der Waals surface area (Å²) in [6.07, 6.45) is 1.76. The fourth-order valence-electron chi connectivity index (χ4n) is 2.02. The zero-order valence-electron chi connectivity index (χ0n) is 12.6. The number of hydrogen-bond acceptors (Lipinski definition) is 2. The average molecular weight is 318 g/mol. The first-order chi connectivity index (χ1) is 10.7. The second kappa shape index (κ2) is 8.44. The second-order valence-electron chi connectivity index (χ2n) is 5.01. The number of rotatable bonds is 7. The highest BCUT2D eigenvalue weighted by Crippen LogP contribution is 2.12. The van der Waals surface area contributed by atoms with Crippen LogP contribution >= 0.6 is 11.6 Å². The van der Waals surface area contributed by atoms with Crippen molar-refractivity contribution in [1.82, 2.24) is 5.32 Å². The minimum atomic E-state index is -0.117. The number of aryl methyl sites for hydroxylation is 1. The molecule has 0 spiro atoms. The summed E-state index contributed by atoms with van der Waals surface area (Å²) >= 11 is 5.83. The molecule has 0 bridgehead atoms. The highest BCUT2D eigenvalue weighted by molar-refractivity contribution is 6.30. The molecule has 22 heavy (non-hydrogen) atoms. The van der Waals surface area contributed by atoms with Crippen LogP contribution < -0.4 is 10.1 Å². The maximum atomic E-state index is 11.7. The van der Waals surface area contributed by atoms with Gasteiger partial charge in [0.25, 0.3) is 5.91 Å². The zero-order chi connectivity index (χ0) is 15.8. The van der Waals surface area contributed by atoms with Gasteiger partial charge in [-0.25, -0.2) is 0 Å². The normalized spacial score (nSPS) is 10.3. The molecule has 0 saturated carbocycles. The van der Waals surface area contributed by atoms with E-state index in [0.29, 0.717) is 12.3 Å². The molecule has 2 aromatic rings. The SMILES string of the molecule is CCc1ccc(OCC(=O)NCCc2ccc(Cl)cc2)cc1. The van der Waals surface area contributed by atoms with Crippen molar-refractivity contribution >= 4 is 17.5 Å². The standard InChI is InChI=1S/C18H20ClNO2/c1-2-14-5-9-17(10-6-14)22-13-18(21)20-12-11-15-3-7-16(19)8-4-15/h3-10H,2,11-13H2,1H3,(H,20,21). The Morgan fingerprint density at radius 1 is 1.05 bits per heavy atom. The van der Waals surface area contributed by atoms with Crippen LogP contribution in [0, 0.1) is 0 Å². The van der Waals surface area contributed by atoms with E-state index < -0.39 is 0 Å². The lowest BCUT2D eigenvalue weighted by Crippen LogP contribution is -2.30. The van der Waals surface area contributed by atoms with Crippen molar-refractivity contribution in [3.05, 3.63) is 64.7 Å². The van der Waals surface area contributed by atoms with Crippen LogP contribution in [0.1, 0.15) is 18.1 Å². The number of amides is 1. The lowest BCUT2D eigenvalue weighted by atomic mass is 10.1. The Balaban J connectivity index is 1.68. The summed E-state index contributed by atoms with van der Waals surface area (Å²) < 4.78 is 5.46. The van der Waals surface area contributed by atoms with Gasteiger partial charge in [0.2, 0.25) is 0 Å². The van der Waals surface area contributed by atoms with Crippen molar-refractivity contribution in [2.24, 2.45) is 0 Å². The zero-order valence-corrected chi connectivity index (χ0v) is 13.4. The van der Waals surface area contributed by atoms with E-state index in [9.17, 15) is 4.79 Å².